The summed E-state index contributed by atoms with van der Waals surface area (Å²) >= 11 is 1.54. The zero-order valence-corrected chi connectivity index (χ0v) is 18.4. The molecule has 1 unspecified atom stereocenters. The molecule has 0 radical (unpaired) electrons. The SMILES string of the molecule is CC1=C(C(=O)Nc2ccccc2)C(c2ccccc2)C(C#N)=C(SCc2cccnc2)N1. The minimum Gasteiger partial charge on any atom is -0.353 e. The molecule has 1 aromatic heterocycles. The van der Waals surface area contributed by atoms with E-state index in [0.717, 1.165) is 21.9 Å². The number of dihydropyridines is 1. The van der Waals surface area contributed by atoms with E-state index in [-0.39, 0.29) is 5.91 Å². The zero-order valence-electron chi connectivity index (χ0n) is 17.6. The molecule has 1 aliphatic rings. The third kappa shape index (κ3) is 4.74. The van der Waals surface area contributed by atoms with E-state index >= 15 is 0 Å². The van der Waals surface area contributed by atoms with Crippen LogP contribution in [0, 0.1) is 11.3 Å². The molecular weight excluding hydrogens is 416 g/mol. The lowest BCUT2D eigenvalue weighted by Crippen LogP contribution is -2.30. The van der Waals surface area contributed by atoms with Gasteiger partial charge < -0.3 is 10.6 Å². The van der Waals surface area contributed by atoms with Crippen molar-refractivity contribution < 1.29 is 4.79 Å². The van der Waals surface area contributed by atoms with Gasteiger partial charge in [0.1, 0.15) is 0 Å². The summed E-state index contributed by atoms with van der Waals surface area (Å²) in [5, 5.41) is 17.2. The fraction of sp³-hybridized carbons (Fsp3) is 0.115. The first-order valence-corrected chi connectivity index (χ1v) is 11.2. The fourth-order valence-corrected chi connectivity index (χ4v) is 4.69. The Hall–Kier alpha value is -3.82. The molecule has 0 saturated carbocycles. The summed E-state index contributed by atoms with van der Waals surface area (Å²) in [4.78, 5) is 17.5. The largest absolute Gasteiger partial charge is 0.353 e. The molecule has 3 aromatic rings. The normalized spacial score (nSPS) is 15.7. The molecular formula is C26H22N4OS. The number of rotatable bonds is 6. The zero-order chi connectivity index (χ0) is 22.3. The van der Waals surface area contributed by atoms with Gasteiger partial charge in [-0.3, -0.25) is 9.78 Å². The summed E-state index contributed by atoms with van der Waals surface area (Å²) in [6, 6.07) is 25.3. The van der Waals surface area contributed by atoms with Crippen LogP contribution in [0.3, 0.4) is 0 Å². The maximum absolute atomic E-state index is 13.4. The second kappa shape index (κ2) is 9.99. The molecule has 5 nitrogen and oxygen atoms in total. The highest BCUT2D eigenvalue weighted by molar-refractivity contribution is 8.02. The number of pyridine rings is 1. The van der Waals surface area contributed by atoms with Gasteiger partial charge in [-0.1, -0.05) is 54.6 Å². The van der Waals surface area contributed by atoms with Crippen LogP contribution in [0.5, 0.6) is 0 Å². The quantitative estimate of drug-likeness (QED) is 0.542. The van der Waals surface area contributed by atoms with Gasteiger partial charge in [0.05, 0.1) is 22.6 Å². The van der Waals surface area contributed by atoms with Crippen molar-refractivity contribution in [2.24, 2.45) is 0 Å². The van der Waals surface area contributed by atoms with Crippen molar-refractivity contribution in [1.82, 2.24) is 10.3 Å². The van der Waals surface area contributed by atoms with Crippen molar-refractivity contribution in [3.8, 4) is 6.07 Å². The molecule has 0 fully saturated rings. The Morgan fingerprint density at radius 2 is 1.81 bits per heavy atom. The van der Waals surface area contributed by atoms with Gasteiger partial charge in [0, 0.05) is 35.1 Å². The van der Waals surface area contributed by atoms with E-state index in [9.17, 15) is 10.1 Å². The maximum atomic E-state index is 13.4. The summed E-state index contributed by atoms with van der Waals surface area (Å²) in [5.41, 5.74) is 4.50. The second-order valence-corrected chi connectivity index (χ2v) is 8.32. The van der Waals surface area contributed by atoms with E-state index in [1.54, 1.807) is 18.0 Å². The number of benzene rings is 2. The van der Waals surface area contributed by atoms with Crippen LogP contribution in [0.25, 0.3) is 0 Å². The van der Waals surface area contributed by atoms with Crippen molar-refractivity contribution in [2.45, 2.75) is 18.6 Å². The fourth-order valence-electron chi connectivity index (χ4n) is 3.67. The standard InChI is InChI=1S/C26H22N4OS/c1-18-23(25(31)30-21-12-6-3-7-13-21)24(20-10-4-2-5-11-20)22(15-27)26(29-18)32-17-19-9-8-14-28-16-19/h2-14,16,24,29H,17H2,1H3,(H,30,31). The number of nitrogens with zero attached hydrogens (tertiary/aromatic N) is 2. The van der Waals surface area contributed by atoms with Crippen LogP contribution < -0.4 is 10.6 Å². The van der Waals surface area contributed by atoms with Crippen LogP contribution in [0.1, 0.15) is 24.0 Å². The molecule has 1 aliphatic heterocycles. The Kier molecular flexibility index (Phi) is 6.69. The number of nitriles is 1. The Balaban J connectivity index is 1.70. The lowest BCUT2D eigenvalue weighted by molar-refractivity contribution is -0.113. The number of carbonyl (C=O) groups is 1. The molecule has 0 saturated heterocycles. The Labute approximate surface area is 191 Å². The Morgan fingerprint density at radius 1 is 1.09 bits per heavy atom. The molecule has 1 atom stereocenters. The molecule has 0 aliphatic carbocycles. The number of nitrogens with one attached hydrogen (secondary N) is 2. The molecule has 2 N–H and O–H groups in total. The molecule has 4 rings (SSSR count). The number of hydrogen-bond acceptors (Lipinski definition) is 5. The first-order valence-electron chi connectivity index (χ1n) is 10.2. The van der Waals surface area contributed by atoms with Gasteiger partial charge in [-0.15, -0.1) is 11.8 Å². The van der Waals surface area contributed by atoms with Crippen LogP contribution in [-0.4, -0.2) is 10.9 Å². The number of thioether (sulfide) groups is 1. The monoisotopic (exact) mass is 438 g/mol. The highest BCUT2D eigenvalue weighted by atomic mass is 32.2. The summed E-state index contributed by atoms with van der Waals surface area (Å²) < 4.78 is 0. The minimum absolute atomic E-state index is 0.223. The smallest absolute Gasteiger partial charge is 0.254 e. The van der Waals surface area contributed by atoms with Gasteiger partial charge in [0.15, 0.2) is 0 Å². The van der Waals surface area contributed by atoms with Crippen LogP contribution in [0.15, 0.2) is 107 Å². The number of hydrogen-bond donors (Lipinski definition) is 2. The predicted molar refractivity (Wildman–Crippen MR) is 128 cm³/mol. The van der Waals surface area contributed by atoms with Gasteiger partial charge in [0.2, 0.25) is 0 Å². The number of allylic oxidation sites excluding steroid dienone is 2. The molecule has 32 heavy (non-hydrogen) atoms. The van der Waals surface area contributed by atoms with E-state index in [1.165, 1.54) is 0 Å². The highest BCUT2D eigenvalue weighted by Crippen LogP contribution is 2.41. The molecule has 6 heteroatoms. The summed E-state index contributed by atoms with van der Waals surface area (Å²) in [6.45, 7) is 1.88. The van der Waals surface area contributed by atoms with E-state index < -0.39 is 5.92 Å². The van der Waals surface area contributed by atoms with Crippen molar-refractivity contribution in [2.75, 3.05) is 5.32 Å². The van der Waals surface area contributed by atoms with Crippen LogP contribution >= 0.6 is 11.8 Å². The van der Waals surface area contributed by atoms with Crippen molar-refractivity contribution >= 4 is 23.4 Å². The third-order valence-electron chi connectivity index (χ3n) is 5.16. The molecule has 0 bridgehead atoms. The predicted octanol–water partition coefficient (Wildman–Crippen LogP) is 5.35. The Morgan fingerprint density at radius 3 is 2.47 bits per heavy atom. The lowest BCUT2D eigenvalue weighted by atomic mass is 9.82. The third-order valence-corrected chi connectivity index (χ3v) is 6.25. The summed E-state index contributed by atoms with van der Waals surface area (Å²) in [6.07, 6.45) is 3.56. The van der Waals surface area contributed by atoms with E-state index in [2.05, 4.69) is 21.7 Å². The number of aromatic nitrogens is 1. The van der Waals surface area contributed by atoms with Gasteiger partial charge in [0.25, 0.3) is 5.91 Å². The van der Waals surface area contributed by atoms with Gasteiger partial charge >= 0.3 is 0 Å². The van der Waals surface area contributed by atoms with Crippen LogP contribution in [-0.2, 0) is 10.5 Å². The average Bonchev–Trinajstić information content (AvgIpc) is 2.84. The topological polar surface area (TPSA) is 77.8 Å². The molecule has 0 spiro atoms. The average molecular weight is 439 g/mol. The first-order chi connectivity index (χ1) is 15.7. The van der Waals surface area contributed by atoms with Crippen LogP contribution in [0.4, 0.5) is 5.69 Å². The van der Waals surface area contributed by atoms with E-state index in [1.807, 2.05) is 85.9 Å². The number of anilines is 1. The van der Waals surface area contributed by atoms with Crippen molar-refractivity contribution in [1.29, 1.82) is 5.26 Å². The molecule has 1 amide bonds. The highest BCUT2D eigenvalue weighted by Gasteiger charge is 2.34. The summed E-state index contributed by atoms with van der Waals surface area (Å²) in [5.74, 6) is -0.0107. The first kappa shape index (κ1) is 21.4. The molecule has 2 heterocycles. The number of carbonyl (C=O) groups excluding carboxylic acids is 1. The van der Waals surface area contributed by atoms with Crippen molar-refractivity contribution in [3.05, 3.63) is 118 Å². The van der Waals surface area contributed by atoms with Gasteiger partial charge in [-0.2, -0.15) is 5.26 Å². The van der Waals surface area contributed by atoms with Gasteiger partial charge in [-0.25, -0.2) is 0 Å². The lowest BCUT2D eigenvalue weighted by Gasteiger charge is -2.30. The van der Waals surface area contributed by atoms with Crippen molar-refractivity contribution in [3.63, 3.8) is 0 Å². The van der Waals surface area contributed by atoms with E-state index in [4.69, 9.17) is 0 Å². The Bertz CT molecular complexity index is 1200. The van der Waals surface area contributed by atoms with Crippen LogP contribution in [0.2, 0.25) is 0 Å². The number of para-hydroxylation sites is 1. The molecule has 158 valence electrons. The maximum Gasteiger partial charge on any atom is 0.254 e. The van der Waals surface area contributed by atoms with Gasteiger partial charge in [-0.05, 0) is 36.2 Å². The minimum atomic E-state index is -0.456. The second-order valence-electron chi connectivity index (χ2n) is 7.33. The summed E-state index contributed by atoms with van der Waals surface area (Å²) in [7, 11) is 0. The molecule has 2 aromatic carbocycles. The van der Waals surface area contributed by atoms with E-state index in [0.29, 0.717) is 22.6 Å². The number of amides is 1.